The van der Waals surface area contributed by atoms with E-state index in [0.29, 0.717) is 24.9 Å². The van der Waals surface area contributed by atoms with Gasteiger partial charge in [-0.3, -0.25) is 9.78 Å². The number of rotatable bonds is 6. The highest BCUT2D eigenvalue weighted by atomic mass is 32.1. The fourth-order valence-electron chi connectivity index (χ4n) is 2.64. The van der Waals surface area contributed by atoms with Gasteiger partial charge in [-0.05, 0) is 53.6 Å². The number of nitrogens with one attached hydrogen (secondary N) is 1. The summed E-state index contributed by atoms with van der Waals surface area (Å²) in [7, 11) is 0. The standard InChI is InChI=1S/C20H19FN2OS/c1-14-11-15(4-6-18(14)21)5-7-19(24)23-12-16-3-2-9-22-20(16)17-8-10-25-13-17/h2-4,6,8-11,13H,5,7,12H2,1H3,(H,23,24). The van der Waals surface area contributed by atoms with Crippen LogP contribution < -0.4 is 5.32 Å². The van der Waals surface area contributed by atoms with Gasteiger partial charge in [0.15, 0.2) is 0 Å². The van der Waals surface area contributed by atoms with Crippen molar-refractivity contribution in [3.8, 4) is 11.3 Å². The lowest BCUT2D eigenvalue weighted by Gasteiger charge is -2.09. The summed E-state index contributed by atoms with van der Waals surface area (Å²) in [5.41, 5.74) is 4.53. The van der Waals surface area contributed by atoms with Crippen LogP contribution >= 0.6 is 11.3 Å². The number of pyridine rings is 1. The Morgan fingerprint density at radius 2 is 2.16 bits per heavy atom. The molecule has 0 aliphatic carbocycles. The first kappa shape index (κ1) is 17.3. The van der Waals surface area contributed by atoms with Crippen LogP contribution in [0.15, 0.2) is 53.4 Å². The molecule has 3 nitrogen and oxygen atoms in total. The molecule has 0 fully saturated rings. The number of thiophene rings is 1. The van der Waals surface area contributed by atoms with E-state index in [0.717, 1.165) is 22.4 Å². The summed E-state index contributed by atoms with van der Waals surface area (Å²) in [5.74, 6) is -0.243. The van der Waals surface area contributed by atoms with E-state index in [-0.39, 0.29) is 11.7 Å². The minimum absolute atomic E-state index is 0.0258. The smallest absolute Gasteiger partial charge is 0.220 e. The molecule has 1 aromatic carbocycles. The third-order valence-corrected chi connectivity index (χ3v) is 4.71. The second-order valence-corrected chi connectivity index (χ2v) is 6.66. The molecule has 2 heterocycles. The summed E-state index contributed by atoms with van der Waals surface area (Å²) in [6.07, 6.45) is 2.73. The molecule has 3 aromatic rings. The van der Waals surface area contributed by atoms with Crippen molar-refractivity contribution in [1.82, 2.24) is 10.3 Å². The summed E-state index contributed by atoms with van der Waals surface area (Å²) >= 11 is 1.62. The van der Waals surface area contributed by atoms with E-state index >= 15 is 0 Å². The van der Waals surface area contributed by atoms with E-state index in [9.17, 15) is 9.18 Å². The second-order valence-electron chi connectivity index (χ2n) is 5.88. The molecule has 0 radical (unpaired) electrons. The van der Waals surface area contributed by atoms with Crippen molar-refractivity contribution in [1.29, 1.82) is 0 Å². The van der Waals surface area contributed by atoms with Gasteiger partial charge >= 0.3 is 0 Å². The van der Waals surface area contributed by atoms with Gasteiger partial charge in [0, 0.05) is 30.1 Å². The molecule has 0 atom stereocenters. The number of hydrogen-bond acceptors (Lipinski definition) is 3. The van der Waals surface area contributed by atoms with E-state index in [2.05, 4.69) is 10.3 Å². The van der Waals surface area contributed by atoms with Crippen LogP contribution in [-0.4, -0.2) is 10.9 Å². The SMILES string of the molecule is Cc1cc(CCC(=O)NCc2cccnc2-c2ccsc2)ccc1F. The van der Waals surface area contributed by atoms with Crippen LogP contribution in [0.1, 0.15) is 23.1 Å². The third kappa shape index (κ3) is 4.51. The molecule has 2 aromatic heterocycles. The minimum Gasteiger partial charge on any atom is -0.352 e. The predicted molar refractivity (Wildman–Crippen MR) is 98.9 cm³/mol. The molecule has 128 valence electrons. The summed E-state index contributed by atoms with van der Waals surface area (Å²) in [4.78, 5) is 16.6. The third-order valence-electron chi connectivity index (χ3n) is 4.02. The van der Waals surface area contributed by atoms with Crippen molar-refractivity contribution < 1.29 is 9.18 Å². The molecule has 0 saturated carbocycles. The van der Waals surface area contributed by atoms with Crippen molar-refractivity contribution in [2.24, 2.45) is 0 Å². The quantitative estimate of drug-likeness (QED) is 0.708. The Kier molecular flexibility index (Phi) is 5.56. The van der Waals surface area contributed by atoms with Gasteiger partial charge in [0.05, 0.1) is 5.69 Å². The molecule has 1 amide bonds. The number of nitrogens with zero attached hydrogens (tertiary/aromatic N) is 1. The van der Waals surface area contributed by atoms with Crippen LogP contribution in [-0.2, 0) is 17.8 Å². The zero-order valence-electron chi connectivity index (χ0n) is 14.0. The van der Waals surface area contributed by atoms with Crippen molar-refractivity contribution in [2.75, 3.05) is 0 Å². The number of aryl methyl sites for hydroxylation is 2. The first-order valence-corrected chi connectivity index (χ1v) is 9.06. The molecule has 1 N–H and O–H groups in total. The highest BCUT2D eigenvalue weighted by Gasteiger charge is 2.09. The molecule has 5 heteroatoms. The normalized spacial score (nSPS) is 10.6. The number of carbonyl (C=O) groups is 1. The molecule has 0 bridgehead atoms. The average Bonchev–Trinajstić information content (AvgIpc) is 3.15. The molecular formula is C20H19FN2OS. The van der Waals surface area contributed by atoms with Gasteiger partial charge in [-0.15, -0.1) is 0 Å². The van der Waals surface area contributed by atoms with E-state index < -0.39 is 0 Å². The fourth-order valence-corrected chi connectivity index (χ4v) is 3.28. The molecule has 0 aliphatic rings. The van der Waals surface area contributed by atoms with Gasteiger partial charge in [-0.25, -0.2) is 4.39 Å². The highest BCUT2D eigenvalue weighted by Crippen LogP contribution is 2.23. The molecule has 0 spiro atoms. The zero-order valence-corrected chi connectivity index (χ0v) is 14.8. The first-order valence-electron chi connectivity index (χ1n) is 8.11. The Balaban J connectivity index is 1.57. The van der Waals surface area contributed by atoms with Gasteiger partial charge < -0.3 is 5.32 Å². The predicted octanol–water partition coefficient (Wildman–Crippen LogP) is 4.51. The summed E-state index contributed by atoms with van der Waals surface area (Å²) in [6.45, 7) is 2.17. The summed E-state index contributed by atoms with van der Waals surface area (Å²) in [6, 6.07) is 10.8. The number of hydrogen-bond donors (Lipinski definition) is 1. The number of amides is 1. The Morgan fingerprint density at radius 3 is 2.92 bits per heavy atom. The van der Waals surface area contributed by atoms with Crippen molar-refractivity contribution in [2.45, 2.75) is 26.3 Å². The maximum atomic E-state index is 13.3. The van der Waals surface area contributed by atoms with Crippen LogP contribution in [0.4, 0.5) is 4.39 Å². The number of carbonyl (C=O) groups excluding carboxylic acids is 1. The lowest BCUT2D eigenvalue weighted by Crippen LogP contribution is -2.23. The largest absolute Gasteiger partial charge is 0.352 e. The molecule has 25 heavy (non-hydrogen) atoms. The molecule has 3 rings (SSSR count). The van der Waals surface area contributed by atoms with E-state index in [1.165, 1.54) is 6.07 Å². The number of benzene rings is 1. The van der Waals surface area contributed by atoms with Gasteiger partial charge in [-0.1, -0.05) is 18.2 Å². The first-order chi connectivity index (χ1) is 12.1. The molecule has 0 aliphatic heterocycles. The van der Waals surface area contributed by atoms with Gasteiger partial charge in [0.25, 0.3) is 0 Å². The highest BCUT2D eigenvalue weighted by molar-refractivity contribution is 7.08. The van der Waals surface area contributed by atoms with Crippen LogP contribution in [0, 0.1) is 12.7 Å². The lowest BCUT2D eigenvalue weighted by atomic mass is 10.1. The lowest BCUT2D eigenvalue weighted by molar-refractivity contribution is -0.121. The zero-order chi connectivity index (χ0) is 17.6. The molecule has 0 unspecified atom stereocenters. The molecular weight excluding hydrogens is 335 g/mol. The maximum absolute atomic E-state index is 13.3. The Labute approximate surface area is 150 Å². The average molecular weight is 354 g/mol. The second kappa shape index (κ2) is 8.03. The van der Waals surface area contributed by atoms with Crippen LogP contribution in [0.5, 0.6) is 0 Å². The number of aromatic nitrogens is 1. The van der Waals surface area contributed by atoms with Crippen LogP contribution in [0.2, 0.25) is 0 Å². The van der Waals surface area contributed by atoms with Gasteiger partial charge in [0.2, 0.25) is 5.91 Å². The van der Waals surface area contributed by atoms with Gasteiger partial charge in [-0.2, -0.15) is 11.3 Å². The van der Waals surface area contributed by atoms with E-state index in [1.54, 1.807) is 36.6 Å². The fraction of sp³-hybridized carbons (Fsp3) is 0.200. The van der Waals surface area contributed by atoms with Crippen LogP contribution in [0.25, 0.3) is 11.3 Å². The Bertz CT molecular complexity index is 862. The number of halogens is 1. The topological polar surface area (TPSA) is 42.0 Å². The monoisotopic (exact) mass is 354 g/mol. The van der Waals surface area contributed by atoms with Crippen molar-refractivity contribution >= 4 is 17.2 Å². The maximum Gasteiger partial charge on any atom is 0.220 e. The van der Waals surface area contributed by atoms with E-state index in [1.807, 2.05) is 29.0 Å². The van der Waals surface area contributed by atoms with E-state index in [4.69, 9.17) is 0 Å². The van der Waals surface area contributed by atoms with Crippen LogP contribution in [0.3, 0.4) is 0 Å². The Hall–Kier alpha value is -2.53. The summed E-state index contributed by atoms with van der Waals surface area (Å²) < 4.78 is 13.3. The Morgan fingerprint density at radius 1 is 1.28 bits per heavy atom. The van der Waals surface area contributed by atoms with Gasteiger partial charge in [0.1, 0.15) is 5.82 Å². The minimum atomic E-state index is -0.217. The van der Waals surface area contributed by atoms with Crippen molar-refractivity contribution in [3.63, 3.8) is 0 Å². The summed E-state index contributed by atoms with van der Waals surface area (Å²) in [5, 5.41) is 7.01. The molecule has 0 saturated heterocycles. The van der Waals surface area contributed by atoms with Crippen molar-refractivity contribution in [3.05, 3.63) is 75.9 Å².